The van der Waals surface area contributed by atoms with Gasteiger partial charge in [0.15, 0.2) is 0 Å². The number of carboxylic acids is 1. The van der Waals surface area contributed by atoms with Crippen LogP contribution in [0.4, 0.5) is 11.4 Å². The van der Waals surface area contributed by atoms with Crippen LogP contribution in [0.25, 0.3) is 0 Å². The molecule has 2 saturated heterocycles. The molecule has 2 aliphatic heterocycles. The largest absolute Gasteiger partial charge is 0.480 e. The Morgan fingerprint density at radius 3 is 2.35 bits per heavy atom. The van der Waals surface area contributed by atoms with Crippen molar-refractivity contribution in [2.75, 3.05) is 40.9 Å². The molecule has 170 valence electrons. The molecule has 0 spiro atoms. The molecule has 2 heterocycles. The van der Waals surface area contributed by atoms with Crippen molar-refractivity contribution in [3.05, 3.63) is 24.3 Å². The third kappa shape index (κ3) is 5.75. The molecule has 9 nitrogen and oxygen atoms in total. The molecule has 3 rings (SSSR count). The zero-order chi connectivity index (χ0) is 22.6. The van der Waals surface area contributed by atoms with E-state index in [0.717, 1.165) is 18.8 Å². The van der Waals surface area contributed by atoms with Gasteiger partial charge in [-0.3, -0.25) is 9.59 Å². The highest BCUT2D eigenvalue weighted by Crippen LogP contribution is 2.28. The SMILES string of the molecule is CCS(=O)(=O)CCC(NC(=O)C1CC(=O)N(c2ccc(N3CCCC3)cc2)C1)C(=O)O. The Labute approximate surface area is 182 Å². The van der Waals surface area contributed by atoms with Crippen LogP contribution in [0.5, 0.6) is 0 Å². The van der Waals surface area contributed by atoms with Gasteiger partial charge in [0.25, 0.3) is 0 Å². The molecular weight excluding hydrogens is 422 g/mol. The summed E-state index contributed by atoms with van der Waals surface area (Å²) in [5, 5.41) is 11.7. The van der Waals surface area contributed by atoms with Gasteiger partial charge in [0.2, 0.25) is 11.8 Å². The summed E-state index contributed by atoms with van der Waals surface area (Å²) >= 11 is 0. The Hall–Kier alpha value is -2.62. The maximum atomic E-state index is 12.6. The zero-order valence-electron chi connectivity index (χ0n) is 17.6. The highest BCUT2D eigenvalue weighted by atomic mass is 32.2. The van der Waals surface area contributed by atoms with Crippen molar-refractivity contribution >= 4 is 39.0 Å². The van der Waals surface area contributed by atoms with E-state index in [4.69, 9.17) is 0 Å². The minimum absolute atomic E-state index is 0.0146. The molecule has 2 aliphatic rings. The van der Waals surface area contributed by atoms with Gasteiger partial charge in [0, 0.05) is 43.2 Å². The van der Waals surface area contributed by atoms with Gasteiger partial charge in [-0.15, -0.1) is 0 Å². The number of rotatable bonds is 9. The van der Waals surface area contributed by atoms with E-state index in [2.05, 4.69) is 10.2 Å². The van der Waals surface area contributed by atoms with E-state index < -0.39 is 33.7 Å². The lowest BCUT2D eigenvalue weighted by atomic mass is 10.1. The van der Waals surface area contributed by atoms with Gasteiger partial charge in [0.05, 0.1) is 11.7 Å². The molecular formula is C21H29N3O6S. The van der Waals surface area contributed by atoms with Gasteiger partial charge in [-0.25, -0.2) is 13.2 Å². The van der Waals surface area contributed by atoms with Crippen molar-refractivity contribution in [2.45, 2.75) is 38.6 Å². The first-order valence-corrected chi connectivity index (χ1v) is 12.4. The van der Waals surface area contributed by atoms with E-state index in [1.54, 1.807) is 0 Å². The van der Waals surface area contributed by atoms with Gasteiger partial charge in [-0.1, -0.05) is 6.92 Å². The third-order valence-electron chi connectivity index (χ3n) is 5.90. The Balaban J connectivity index is 1.60. The summed E-state index contributed by atoms with van der Waals surface area (Å²) in [6.07, 6.45) is 2.12. The van der Waals surface area contributed by atoms with Crippen molar-refractivity contribution in [1.29, 1.82) is 0 Å². The van der Waals surface area contributed by atoms with E-state index in [9.17, 15) is 27.9 Å². The number of benzene rings is 1. The predicted octanol–water partition coefficient (Wildman–Crippen LogP) is 1.03. The number of amides is 2. The topological polar surface area (TPSA) is 124 Å². The molecule has 0 bridgehead atoms. The van der Waals surface area contributed by atoms with Crippen LogP contribution in [0.3, 0.4) is 0 Å². The molecule has 10 heteroatoms. The second kappa shape index (κ2) is 9.67. The minimum Gasteiger partial charge on any atom is -0.480 e. The van der Waals surface area contributed by atoms with Crippen LogP contribution in [0, 0.1) is 5.92 Å². The smallest absolute Gasteiger partial charge is 0.326 e. The molecule has 2 atom stereocenters. The second-order valence-corrected chi connectivity index (χ2v) is 10.5. The summed E-state index contributed by atoms with van der Waals surface area (Å²) in [7, 11) is -3.35. The summed E-state index contributed by atoms with van der Waals surface area (Å²) in [4.78, 5) is 40.4. The number of nitrogens with zero attached hydrogens (tertiary/aromatic N) is 2. The normalized spacial score (nSPS) is 20.2. The van der Waals surface area contributed by atoms with Crippen molar-refractivity contribution in [2.24, 2.45) is 5.92 Å². The molecule has 2 fully saturated rings. The quantitative estimate of drug-likeness (QED) is 0.575. The molecule has 31 heavy (non-hydrogen) atoms. The average molecular weight is 452 g/mol. The van der Waals surface area contributed by atoms with Gasteiger partial charge < -0.3 is 20.2 Å². The molecule has 2 N–H and O–H groups in total. The summed E-state index contributed by atoms with van der Waals surface area (Å²) in [5.41, 5.74) is 1.81. The summed E-state index contributed by atoms with van der Waals surface area (Å²) in [6, 6.07) is 6.35. The number of carbonyl (C=O) groups is 3. The van der Waals surface area contributed by atoms with Crippen LogP contribution < -0.4 is 15.1 Å². The number of carboxylic acid groups (broad SMARTS) is 1. The van der Waals surface area contributed by atoms with E-state index in [-0.39, 0.29) is 36.8 Å². The van der Waals surface area contributed by atoms with E-state index in [1.165, 1.54) is 24.7 Å². The van der Waals surface area contributed by atoms with Crippen LogP contribution in [-0.4, -0.2) is 68.5 Å². The van der Waals surface area contributed by atoms with Gasteiger partial charge in [-0.05, 0) is 43.5 Å². The first-order chi connectivity index (χ1) is 14.7. The number of sulfone groups is 1. The molecule has 0 aromatic heterocycles. The molecule has 0 aliphatic carbocycles. The summed E-state index contributed by atoms with van der Waals surface area (Å²) in [6.45, 7) is 3.69. The Kier molecular flexibility index (Phi) is 7.19. The fourth-order valence-corrected chi connectivity index (χ4v) is 4.82. The first-order valence-electron chi connectivity index (χ1n) is 10.6. The summed E-state index contributed by atoms with van der Waals surface area (Å²) < 4.78 is 23.3. The van der Waals surface area contributed by atoms with E-state index in [0.29, 0.717) is 5.69 Å². The van der Waals surface area contributed by atoms with Crippen molar-refractivity contribution in [3.63, 3.8) is 0 Å². The summed E-state index contributed by atoms with van der Waals surface area (Å²) in [5.74, 6) is -3.13. The molecule has 2 amide bonds. The standard InChI is InChI=1S/C21H29N3O6S/c1-2-31(29,30)12-9-18(21(27)28)22-20(26)15-13-19(25)24(14-15)17-7-5-16(6-8-17)23-10-3-4-11-23/h5-8,15,18H,2-4,9-14H2,1H3,(H,22,26)(H,27,28). The Morgan fingerprint density at radius 1 is 1.16 bits per heavy atom. The molecule has 2 unspecified atom stereocenters. The van der Waals surface area contributed by atoms with Crippen molar-refractivity contribution < 1.29 is 27.9 Å². The minimum atomic E-state index is -3.35. The van der Waals surface area contributed by atoms with E-state index in [1.807, 2.05) is 24.3 Å². The molecule has 0 radical (unpaired) electrons. The van der Waals surface area contributed by atoms with Gasteiger partial charge in [0.1, 0.15) is 15.9 Å². The second-order valence-electron chi connectivity index (χ2n) is 8.04. The van der Waals surface area contributed by atoms with Crippen LogP contribution in [0.15, 0.2) is 24.3 Å². The molecule has 1 aromatic carbocycles. The van der Waals surface area contributed by atoms with Gasteiger partial charge >= 0.3 is 5.97 Å². The fourth-order valence-electron chi connectivity index (χ4n) is 3.94. The van der Waals surface area contributed by atoms with Crippen LogP contribution in [0.2, 0.25) is 0 Å². The maximum absolute atomic E-state index is 12.6. The third-order valence-corrected chi connectivity index (χ3v) is 7.64. The number of carbonyl (C=O) groups excluding carboxylic acids is 2. The first kappa shape index (κ1) is 23.1. The van der Waals surface area contributed by atoms with E-state index >= 15 is 0 Å². The number of hydrogen-bond donors (Lipinski definition) is 2. The fraction of sp³-hybridized carbons (Fsp3) is 0.571. The number of anilines is 2. The van der Waals surface area contributed by atoms with Crippen molar-refractivity contribution in [3.8, 4) is 0 Å². The number of nitrogens with one attached hydrogen (secondary N) is 1. The lowest BCUT2D eigenvalue weighted by molar-refractivity contribution is -0.142. The Bertz CT molecular complexity index is 925. The monoisotopic (exact) mass is 451 g/mol. The Morgan fingerprint density at radius 2 is 1.77 bits per heavy atom. The molecule has 0 saturated carbocycles. The average Bonchev–Trinajstić information content (AvgIpc) is 3.41. The highest BCUT2D eigenvalue weighted by molar-refractivity contribution is 7.91. The van der Waals surface area contributed by atoms with Gasteiger partial charge in [-0.2, -0.15) is 0 Å². The zero-order valence-corrected chi connectivity index (χ0v) is 18.4. The van der Waals surface area contributed by atoms with Crippen LogP contribution >= 0.6 is 0 Å². The lowest BCUT2D eigenvalue weighted by Crippen LogP contribution is -2.45. The van der Waals surface area contributed by atoms with Crippen LogP contribution in [-0.2, 0) is 24.2 Å². The predicted molar refractivity (Wildman–Crippen MR) is 117 cm³/mol. The number of aliphatic carboxylic acids is 1. The van der Waals surface area contributed by atoms with Crippen molar-refractivity contribution in [1.82, 2.24) is 5.32 Å². The van der Waals surface area contributed by atoms with Crippen LogP contribution in [0.1, 0.15) is 32.6 Å². The molecule has 1 aromatic rings. The maximum Gasteiger partial charge on any atom is 0.326 e. The lowest BCUT2D eigenvalue weighted by Gasteiger charge is -2.21. The highest BCUT2D eigenvalue weighted by Gasteiger charge is 2.36. The number of hydrogen-bond acceptors (Lipinski definition) is 6.